The fraction of sp³-hybridized carbons (Fsp3) is 0.0909. The third-order valence-electron chi connectivity index (χ3n) is 4.32. The number of para-hydroxylation sites is 2. The molecule has 0 saturated heterocycles. The first-order chi connectivity index (χ1) is 11.8. The summed E-state index contributed by atoms with van der Waals surface area (Å²) >= 11 is 0. The van der Waals surface area contributed by atoms with E-state index in [0.29, 0.717) is 0 Å². The maximum atomic E-state index is 3.47. The minimum Gasteiger partial charge on any atom is -0.356 e. The molecule has 0 unspecified atom stereocenters. The summed E-state index contributed by atoms with van der Waals surface area (Å²) in [5.41, 5.74) is 6.01. The van der Waals surface area contributed by atoms with Crippen molar-refractivity contribution in [1.29, 1.82) is 0 Å². The predicted molar refractivity (Wildman–Crippen MR) is 102 cm³/mol. The standard InChI is InChI=1S/C22H20N2/c1-2-20-16-17-15-19(23-18-9-5-3-6-10-18)13-14-22(17)24(20)21-11-7-4-8-12-21/h3-16,23H,2H2,1H3. The molecule has 0 aliphatic heterocycles. The summed E-state index contributed by atoms with van der Waals surface area (Å²) in [6, 6.07) is 29.7. The van der Waals surface area contributed by atoms with Gasteiger partial charge in [-0.25, -0.2) is 0 Å². The molecule has 1 N–H and O–H groups in total. The maximum Gasteiger partial charge on any atom is 0.0532 e. The molecule has 3 aromatic carbocycles. The van der Waals surface area contributed by atoms with Gasteiger partial charge < -0.3 is 9.88 Å². The number of anilines is 2. The molecule has 0 aliphatic rings. The van der Waals surface area contributed by atoms with Crippen LogP contribution < -0.4 is 5.32 Å². The number of benzene rings is 3. The number of fused-ring (bicyclic) bond motifs is 1. The highest BCUT2D eigenvalue weighted by Crippen LogP contribution is 2.28. The van der Waals surface area contributed by atoms with Crippen LogP contribution in [0.1, 0.15) is 12.6 Å². The number of hydrogen-bond acceptors (Lipinski definition) is 1. The first kappa shape index (κ1) is 14.6. The molecule has 0 bridgehead atoms. The molecule has 0 aliphatic carbocycles. The summed E-state index contributed by atoms with van der Waals surface area (Å²) < 4.78 is 2.35. The van der Waals surface area contributed by atoms with Gasteiger partial charge in [-0.1, -0.05) is 43.3 Å². The molecular weight excluding hydrogens is 292 g/mol. The summed E-state index contributed by atoms with van der Waals surface area (Å²) in [6.45, 7) is 2.21. The number of nitrogens with zero attached hydrogens (tertiary/aromatic N) is 1. The van der Waals surface area contributed by atoms with Crippen LogP contribution in [-0.4, -0.2) is 4.57 Å². The van der Waals surface area contributed by atoms with Crippen LogP contribution in [0.5, 0.6) is 0 Å². The van der Waals surface area contributed by atoms with Gasteiger partial charge in [0.05, 0.1) is 5.52 Å². The van der Waals surface area contributed by atoms with E-state index in [2.05, 4.69) is 83.5 Å². The van der Waals surface area contributed by atoms with Crippen molar-refractivity contribution in [2.24, 2.45) is 0 Å². The average Bonchev–Trinajstić information content (AvgIpc) is 3.01. The third kappa shape index (κ3) is 2.67. The predicted octanol–water partition coefficient (Wildman–Crippen LogP) is 5.94. The van der Waals surface area contributed by atoms with Crippen molar-refractivity contribution in [1.82, 2.24) is 4.57 Å². The van der Waals surface area contributed by atoms with E-state index in [4.69, 9.17) is 0 Å². The second-order valence-corrected chi connectivity index (χ2v) is 5.92. The lowest BCUT2D eigenvalue weighted by Gasteiger charge is -2.10. The summed E-state index contributed by atoms with van der Waals surface area (Å²) in [5, 5.41) is 4.73. The largest absolute Gasteiger partial charge is 0.356 e. The second-order valence-electron chi connectivity index (χ2n) is 5.92. The van der Waals surface area contributed by atoms with Gasteiger partial charge in [-0.2, -0.15) is 0 Å². The second kappa shape index (κ2) is 6.25. The molecule has 24 heavy (non-hydrogen) atoms. The zero-order valence-electron chi connectivity index (χ0n) is 13.7. The molecule has 2 nitrogen and oxygen atoms in total. The van der Waals surface area contributed by atoms with Gasteiger partial charge in [-0.15, -0.1) is 0 Å². The lowest BCUT2D eigenvalue weighted by atomic mass is 10.2. The molecule has 118 valence electrons. The van der Waals surface area contributed by atoms with E-state index in [1.807, 2.05) is 18.2 Å². The Bertz CT molecular complexity index is 953. The maximum absolute atomic E-state index is 3.47. The molecular formula is C22H20N2. The quantitative estimate of drug-likeness (QED) is 0.493. The molecule has 0 saturated carbocycles. The van der Waals surface area contributed by atoms with Gasteiger partial charge in [0.1, 0.15) is 0 Å². The van der Waals surface area contributed by atoms with Crippen LogP contribution >= 0.6 is 0 Å². The fourth-order valence-electron chi connectivity index (χ4n) is 3.18. The van der Waals surface area contributed by atoms with Crippen LogP contribution in [0.15, 0.2) is 84.9 Å². The van der Waals surface area contributed by atoms with E-state index < -0.39 is 0 Å². The number of aromatic nitrogens is 1. The number of rotatable bonds is 4. The lowest BCUT2D eigenvalue weighted by molar-refractivity contribution is 0.961. The first-order valence-corrected chi connectivity index (χ1v) is 8.37. The first-order valence-electron chi connectivity index (χ1n) is 8.37. The molecule has 0 spiro atoms. The minimum atomic E-state index is 1.00. The Morgan fingerprint density at radius 1 is 0.750 bits per heavy atom. The Hall–Kier alpha value is -3.00. The smallest absolute Gasteiger partial charge is 0.0532 e. The van der Waals surface area contributed by atoms with Crippen LogP contribution in [-0.2, 0) is 6.42 Å². The molecule has 1 aromatic heterocycles. The Kier molecular flexibility index (Phi) is 3.80. The van der Waals surface area contributed by atoms with Crippen LogP contribution in [0, 0.1) is 0 Å². The SMILES string of the molecule is CCc1cc2cc(Nc3ccccc3)ccc2n1-c1ccccc1. The monoisotopic (exact) mass is 312 g/mol. The van der Waals surface area contributed by atoms with Crippen molar-refractivity contribution in [3.63, 3.8) is 0 Å². The Morgan fingerprint density at radius 3 is 2.17 bits per heavy atom. The van der Waals surface area contributed by atoms with Crippen molar-refractivity contribution in [2.45, 2.75) is 13.3 Å². The van der Waals surface area contributed by atoms with Crippen molar-refractivity contribution in [3.05, 3.63) is 90.6 Å². The van der Waals surface area contributed by atoms with E-state index >= 15 is 0 Å². The minimum absolute atomic E-state index is 1.00. The van der Waals surface area contributed by atoms with Crippen molar-refractivity contribution < 1.29 is 0 Å². The Balaban J connectivity index is 1.79. The van der Waals surface area contributed by atoms with Crippen molar-refractivity contribution >= 4 is 22.3 Å². The van der Waals surface area contributed by atoms with E-state index in [0.717, 1.165) is 17.8 Å². The van der Waals surface area contributed by atoms with Crippen LogP contribution in [0.25, 0.3) is 16.6 Å². The van der Waals surface area contributed by atoms with E-state index in [1.165, 1.54) is 22.3 Å². The summed E-state index contributed by atoms with van der Waals surface area (Å²) in [5.74, 6) is 0. The molecule has 4 aromatic rings. The zero-order chi connectivity index (χ0) is 16.4. The topological polar surface area (TPSA) is 17.0 Å². The molecule has 0 atom stereocenters. The van der Waals surface area contributed by atoms with Gasteiger partial charge in [0.15, 0.2) is 0 Å². The van der Waals surface area contributed by atoms with E-state index in [1.54, 1.807) is 0 Å². The molecule has 0 fully saturated rings. The van der Waals surface area contributed by atoms with Gasteiger partial charge in [0.25, 0.3) is 0 Å². The Morgan fingerprint density at radius 2 is 1.46 bits per heavy atom. The van der Waals surface area contributed by atoms with E-state index in [-0.39, 0.29) is 0 Å². The van der Waals surface area contributed by atoms with Gasteiger partial charge in [0, 0.05) is 28.1 Å². The van der Waals surface area contributed by atoms with Gasteiger partial charge in [-0.3, -0.25) is 0 Å². The molecule has 1 heterocycles. The van der Waals surface area contributed by atoms with Gasteiger partial charge in [0.2, 0.25) is 0 Å². The van der Waals surface area contributed by atoms with Gasteiger partial charge in [-0.05, 0) is 55.0 Å². The lowest BCUT2D eigenvalue weighted by Crippen LogP contribution is -1.98. The number of nitrogens with one attached hydrogen (secondary N) is 1. The van der Waals surface area contributed by atoms with E-state index in [9.17, 15) is 0 Å². The number of aryl methyl sites for hydroxylation is 1. The highest BCUT2D eigenvalue weighted by atomic mass is 15.0. The molecule has 4 rings (SSSR count). The summed E-state index contributed by atoms with van der Waals surface area (Å²) in [6.07, 6.45) is 1.00. The zero-order valence-corrected chi connectivity index (χ0v) is 13.7. The normalized spacial score (nSPS) is 10.9. The van der Waals surface area contributed by atoms with Crippen molar-refractivity contribution in [3.8, 4) is 5.69 Å². The molecule has 0 radical (unpaired) electrons. The van der Waals surface area contributed by atoms with Gasteiger partial charge >= 0.3 is 0 Å². The highest BCUT2D eigenvalue weighted by Gasteiger charge is 2.09. The van der Waals surface area contributed by atoms with Crippen LogP contribution in [0.3, 0.4) is 0 Å². The number of hydrogen-bond donors (Lipinski definition) is 1. The summed E-state index contributed by atoms with van der Waals surface area (Å²) in [7, 11) is 0. The average molecular weight is 312 g/mol. The summed E-state index contributed by atoms with van der Waals surface area (Å²) in [4.78, 5) is 0. The highest BCUT2D eigenvalue weighted by molar-refractivity contribution is 5.87. The van der Waals surface area contributed by atoms with Crippen molar-refractivity contribution in [2.75, 3.05) is 5.32 Å². The molecule has 0 amide bonds. The molecule has 2 heteroatoms. The third-order valence-corrected chi connectivity index (χ3v) is 4.32. The Labute approximate surface area is 142 Å². The fourth-order valence-corrected chi connectivity index (χ4v) is 3.18. The van der Waals surface area contributed by atoms with Crippen LogP contribution in [0.4, 0.5) is 11.4 Å². The van der Waals surface area contributed by atoms with Crippen LogP contribution in [0.2, 0.25) is 0 Å².